The van der Waals surface area contributed by atoms with Crippen LogP contribution in [0.3, 0.4) is 0 Å². The van der Waals surface area contributed by atoms with Gasteiger partial charge in [0.1, 0.15) is 5.75 Å². The molecule has 0 spiro atoms. The van der Waals surface area contributed by atoms with Crippen LogP contribution < -0.4 is 24.4 Å². The normalized spacial score (nSPS) is 20.7. The molecule has 2 aromatic carbocycles. The van der Waals surface area contributed by atoms with Crippen molar-refractivity contribution in [3.05, 3.63) is 48.0 Å². The van der Waals surface area contributed by atoms with Crippen LogP contribution in [0.4, 0.5) is 5.69 Å². The first-order chi connectivity index (χ1) is 18.4. The van der Waals surface area contributed by atoms with Crippen LogP contribution in [0, 0.1) is 11.8 Å². The van der Waals surface area contributed by atoms with Gasteiger partial charge in [0, 0.05) is 18.7 Å². The molecule has 0 radical (unpaired) electrons. The lowest BCUT2D eigenvalue weighted by molar-refractivity contribution is -0.129. The van der Waals surface area contributed by atoms with E-state index in [0.29, 0.717) is 36.6 Å². The minimum Gasteiger partial charge on any atom is -0.497 e. The molecule has 0 unspecified atom stereocenters. The van der Waals surface area contributed by atoms with Crippen LogP contribution in [0.1, 0.15) is 50.6 Å². The third kappa shape index (κ3) is 6.41. The Labute approximate surface area is 226 Å². The van der Waals surface area contributed by atoms with E-state index in [-0.39, 0.29) is 11.8 Å². The predicted octanol–water partition coefficient (Wildman–Crippen LogP) is 4.43. The van der Waals surface area contributed by atoms with Crippen molar-refractivity contribution in [2.45, 2.75) is 45.1 Å². The minimum atomic E-state index is -0.479. The van der Waals surface area contributed by atoms with Crippen molar-refractivity contribution in [2.75, 3.05) is 52.4 Å². The van der Waals surface area contributed by atoms with E-state index in [1.165, 1.54) is 12.8 Å². The summed E-state index contributed by atoms with van der Waals surface area (Å²) in [5.41, 5.74) is 1.56. The average molecular weight is 524 g/mol. The summed E-state index contributed by atoms with van der Waals surface area (Å²) >= 11 is 0. The van der Waals surface area contributed by atoms with Crippen LogP contribution in [-0.4, -0.2) is 64.2 Å². The SMILES string of the molecule is COc1ccc(N2C(=O)CC[C@@H](C(=O)NCCCN3CCC(C)CC3)[C@H]2c2ccc(OC)c(OC)c2)cc1. The van der Waals surface area contributed by atoms with Gasteiger partial charge in [-0.1, -0.05) is 13.0 Å². The second-order valence-corrected chi connectivity index (χ2v) is 10.3. The van der Waals surface area contributed by atoms with Crippen molar-refractivity contribution < 1.29 is 23.8 Å². The number of benzene rings is 2. The number of piperidine rings is 2. The molecule has 8 heteroatoms. The first-order valence-corrected chi connectivity index (χ1v) is 13.6. The molecule has 2 heterocycles. The highest BCUT2D eigenvalue weighted by molar-refractivity contribution is 5.97. The summed E-state index contributed by atoms with van der Waals surface area (Å²) in [6, 6.07) is 12.5. The molecule has 0 aromatic heterocycles. The second kappa shape index (κ2) is 13.0. The number of anilines is 1. The Morgan fingerprint density at radius 1 is 0.947 bits per heavy atom. The standard InChI is InChI=1S/C30H41N3O5/c1-21-14-18-32(19-15-21)17-5-16-31-30(35)25-11-13-28(34)33(23-7-9-24(36-2)10-8-23)29(25)22-6-12-26(37-3)27(20-22)38-4/h6-10,12,20-21,25,29H,5,11,13-19H2,1-4H3,(H,31,35)/t25-,29-/m1/s1. The summed E-state index contributed by atoms with van der Waals surface area (Å²) < 4.78 is 16.3. The molecule has 2 aliphatic rings. The zero-order chi connectivity index (χ0) is 27.1. The smallest absolute Gasteiger partial charge is 0.227 e. The molecule has 1 N–H and O–H groups in total. The van der Waals surface area contributed by atoms with Crippen LogP contribution in [0.15, 0.2) is 42.5 Å². The molecule has 206 valence electrons. The van der Waals surface area contributed by atoms with Gasteiger partial charge in [-0.3, -0.25) is 9.59 Å². The summed E-state index contributed by atoms with van der Waals surface area (Å²) in [6.07, 6.45) is 4.20. The Balaban J connectivity index is 1.55. The minimum absolute atomic E-state index is 0.0154. The van der Waals surface area contributed by atoms with Crippen molar-refractivity contribution in [3.63, 3.8) is 0 Å². The number of methoxy groups -OCH3 is 3. The maximum absolute atomic E-state index is 13.6. The number of nitrogens with zero attached hydrogens (tertiary/aromatic N) is 2. The van der Waals surface area contributed by atoms with E-state index in [0.717, 1.165) is 43.2 Å². The van der Waals surface area contributed by atoms with Gasteiger partial charge in [0.05, 0.1) is 33.3 Å². The number of carbonyl (C=O) groups excluding carboxylic acids is 2. The highest BCUT2D eigenvalue weighted by Gasteiger charge is 2.41. The number of hydrogen-bond acceptors (Lipinski definition) is 6. The Morgan fingerprint density at radius 3 is 2.32 bits per heavy atom. The quantitative estimate of drug-likeness (QED) is 0.464. The number of carbonyl (C=O) groups is 2. The van der Waals surface area contributed by atoms with E-state index in [2.05, 4.69) is 17.1 Å². The molecule has 0 saturated carbocycles. The molecule has 0 aliphatic carbocycles. The third-order valence-corrected chi connectivity index (χ3v) is 7.86. The molecule has 0 bridgehead atoms. The van der Waals surface area contributed by atoms with Crippen molar-refractivity contribution in [2.24, 2.45) is 11.8 Å². The summed E-state index contributed by atoms with van der Waals surface area (Å²) in [4.78, 5) is 31.2. The number of rotatable bonds is 10. The lowest BCUT2D eigenvalue weighted by Gasteiger charge is -2.41. The first-order valence-electron chi connectivity index (χ1n) is 13.6. The number of nitrogens with one attached hydrogen (secondary N) is 1. The fourth-order valence-corrected chi connectivity index (χ4v) is 5.56. The van der Waals surface area contributed by atoms with Crippen molar-refractivity contribution in [1.29, 1.82) is 0 Å². The first kappa shape index (κ1) is 27.8. The van der Waals surface area contributed by atoms with Gasteiger partial charge >= 0.3 is 0 Å². The predicted molar refractivity (Wildman–Crippen MR) is 148 cm³/mol. The monoisotopic (exact) mass is 523 g/mol. The number of ether oxygens (including phenoxy) is 3. The summed E-state index contributed by atoms with van der Waals surface area (Å²) in [6.45, 7) is 6.20. The molecule has 38 heavy (non-hydrogen) atoms. The van der Waals surface area contributed by atoms with Gasteiger partial charge in [-0.15, -0.1) is 0 Å². The Bertz CT molecular complexity index is 1080. The van der Waals surface area contributed by atoms with Gasteiger partial charge < -0.3 is 29.3 Å². The zero-order valence-corrected chi connectivity index (χ0v) is 23.1. The Hall–Kier alpha value is -3.26. The molecule has 2 aliphatic heterocycles. The molecule has 2 atom stereocenters. The highest BCUT2D eigenvalue weighted by Crippen LogP contribution is 2.42. The molecule has 4 rings (SSSR count). The van der Waals surface area contributed by atoms with E-state index >= 15 is 0 Å². The molecule has 2 saturated heterocycles. The van der Waals surface area contributed by atoms with Gasteiger partial charge in [0.2, 0.25) is 11.8 Å². The topological polar surface area (TPSA) is 80.3 Å². The molecule has 2 amide bonds. The molecule has 2 aromatic rings. The van der Waals surface area contributed by atoms with E-state index in [4.69, 9.17) is 14.2 Å². The number of amides is 2. The number of likely N-dealkylation sites (tertiary alicyclic amines) is 1. The molecular weight excluding hydrogens is 482 g/mol. The van der Waals surface area contributed by atoms with E-state index in [9.17, 15) is 9.59 Å². The maximum Gasteiger partial charge on any atom is 0.227 e. The van der Waals surface area contributed by atoms with Crippen LogP contribution in [0.5, 0.6) is 17.2 Å². The van der Waals surface area contributed by atoms with E-state index in [1.807, 2.05) is 42.5 Å². The zero-order valence-electron chi connectivity index (χ0n) is 23.1. The summed E-state index contributed by atoms with van der Waals surface area (Å²) in [7, 11) is 4.79. The van der Waals surface area contributed by atoms with E-state index < -0.39 is 12.0 Å². The largest absolute Gasteiger partial charge is 0.497 e. The van der Waals surface area contributed by atoms with Gasteiger partial charge in [0.15, 0.2) is 11.5 Å². The van der Waals surface area contributed by atoms with Gasteiger partial charge in [-0.05, 0) is 93.2 Å². The van der Waals surface area contributed by atoms with Crippen molar-refractivity contribution in [3.8, 4) is 17.2 Å². The van der Waals surface area contributed by atoms with Gasteiger partial charge in [-0.2, -0.15) is 0 Å². The highest BCUT2D eigenvalue weighted by atomic mass is 16.5. The fourth-order valence-electron chi connectivity index (χ4n) is 5.56. The van der Waals surface area contributed by atoms with E-state index in [1.54, 1.807) is 26.2 Å². The number of hydrogen-bond donors (Lipinski definition) is 1. The molecule has 8 nitrogen and oxygen atoms in total. The van der Waals surface area contributed by atoms with Crippen LogP contribution >= 0.6 is 0 Å². The lowest BCUT2D eigenvalue weighted by Crippen LogP contribution is -2.48. The third-order valence-electron chi connectivity index (χ3n) is 7.86. The van der Waals surface area contributed by atoms with Crippen molar-refractivity contribution in [1.82, 2.24) is 10.2 Å². The maximum atomic E-state index is 13.6. The van der Waals surface area contributed by atoms with Crippen molar-refractivity contribution >= 4 is 17.5 Å². The lowest BCUT2D eigenvalue weighted by atomic mass is 9.83. The van der Waals surface area contributed by atoms with Gasteiger partial charge in [0.25, 0.3) is 0 Å². The van der Waals surface area contributed by atoms with Crippen LogP contribution in [0.25, 0.3) is 0 Å². The Morgan fingerprint density at radius 2 is 1.66 bits per heavy atom. The van der Waals surface area contributed by atoms with Crippen LogP contribution in [0.2, 0.25) is 0 Å². The molecule has 2 fully saturated rings. The van der Waals surface area contributed by atoms with Gasteiger partial charge in [-0.25, -0.2) is 0 Å². The second-order valence-electron chi connectivity index (χ2n) is 10.3. The summed E-state index contributed by atoms with van der Waals surface area (Å²) in [5.74, 6) is 2.24. The Kier molecular flexibility index (Phi) is 9.50. The summed E-state index contributed by atoms with van der Waals surface area (Å²) in [5, 5.41) is 3.18. The fraction of sp³-hybridized carbons (Fsp3) is 0.533. The van der Waals surface area contributed by atoms with Crippen LogP contribution in [-0.2, 0) is 9.59 Å². The molecular formula is C30H41N3O5. The average Bonchev–Trinajstić information content (AvgIpc) is 2.95.